The van der Waals surface area contributed by atoms with Gasteiger partial charge in [0.05, 0.1) is 0 Å². The summed E-state index contributed by atoms with van der Waals surface area (Å²) in [5.74, 6) is 3.01. The van der Waals surface area contributed by atoms with Crippen LogP contribution in [0.2, 0.25) is 0 Å². The van der Waals surface area contributed by atoms with Gasteiger partial charge in [0.25, 0.3) is 0 Å². The van der Waals surface area contributed by atoms with Gasteiger partial charge >= 0.3 is 0 Å². The van der Waals surface area contributed by atoms with Gasteiger partial charge in [0, 0.05) is 35.6 Å². The average molecular weight is 384 g/mol. The Balaban J connectivity index is 1.49. The zero-order valence-electron chi connectivity index (χ0n) is 17.3. The summed E-state index contributed by atoms with van der Waals surface area (Å²) in [6, 6.07) is 0. The van der Waals surface area contributed by atoms with Crippen molar-refractivity contribution in [1.29, 1.82) is 0 Å². The van der Waals surface area contributed by atoms with Crippen LogP contribution in [0.15, 0.2) is 17.3 Å². The average Bonchev–Trinajstić information content (AvgIpc) is 2.98. The lowest BCUT2D eigenvalue weighted by Gasteiger charge is -2.59. The number of fused-ring (bicyclic) bond motifs is 5. The van der Waals surface area contributed by atoms with Crippen molar-refractivity contribution in [1.82, 2.24) is 0 Å². The Morgan fingerprint density at radius 2 is 2.00 bits per heavy atom. The van der Waals surface area contributed by atoms with Crippen molar-refractivity contribution in [3.05, 3.63) is 22.6 Å². The molecule has 4 saturated carbocycles. The number of azide groups is 1. The minimum Gasteiger partial charge on any atom is -0.299 e. The van der Waals surface area contributed by atoms with Crippen LogP contribution in [0.3, 0.4) is 0 Å². The molecule has 1 unspecified atom stereocenters. The van der Waals surface area contributed by atoms with Gasteiger partial charge in [-0.1, -0.05) is 31.1 Å². The summed E-state index contributed by atoms with van der Waals surface area (Å²) in [7, 11) is 0. The highest BCUT2D eigenvalue weighted by Crippen LogP contribution is 2.65. The van der Waals surface area contributed by atoms with Crippen LogP contribution in [0.1, 0.15) is 71.6 Å². The molecule has 4 aliphatic carbocycles. The van der Waals surface area contributed by atoms with Crippen molar-refractivity contribution >= 4 is 11.6 Å². The molecule has 28 heavy (non-hydrogen) atoms. The number of Topliss-reactive ketones (excluding diaryl/α,β-unsaturated/α-hetero) is 2. The lowest BCUT2D eigenvalue weighted by molar-refractivity contribution is -0.157. The molecule has 7 atom stereocenters. The number of carbonyl (C=O) groups excluding carboxylic acids is 2. The summed E-state index contributed by atoms with van der Waals surface area (Å²) < 4.78 is 0. The second kappa shape index (κ2) is 7.33. The van der Waals surface area contributed by atoms with E-state index >= 15 is 0 Å². The van der Waals surface area contributed by atoms with Crippen LogP contribution in [-0.2, 0) is 9.59 Å². The highest BCUT2D eigenvalue weighted by molar-refractivity contribution is 5.88. The molecule has 0 N–H and O–H groups in total. The fraction of sp³-hybridized carbons (Fsp3) is 0.826. The lowest BCUT2D eigenvalue weighted by Crippen LogP contribution is -2.56. The van der Waals surface area contributed by atoms with Crippen LogP contribution in [0, 0.1) is 40.4 Å². The standard InChI is InChI=1S/C23H33N3O2/c1-22-10-8-15(5-3-4-12-25-26-24)13-19(22)20(27)14-16-17-6-7-21(28)23(17,2)11-9-18(16)22/h3,5,15-19H,4,6-14H2,1-2H3/b5-3-/t15-,16+,17+,18+,19?,22-,23+/m1/s1. The first-order valence-corrected chi connectivity index (χ1v) is 11.1. The molecule has 152 valence electrons. The number of nitrogens with zero attached hydrogens (tertiary/aromatic N) is 3. The second-order valence-electron chi connectivity index (χ2n) is 10.2. The van der Waals surface area contributed by atoms with Gasteiger partial charge < -0.3 is 0 Å². The number of hydrogen-bond donors (Lipinski definition) is 0. The van der Waals surface area contributed by atoms with E-state index < -0.39 is 0 Å². The van der Waals surface area contributed by atoms with E-state index in [-0.39, 0.29) is 16.7 Å². The Bertz CT molecular complexity index is 740. The maximum absolute atomic E-state index is 13.3. The minimum atomic E-state index is -0.156. The quantitative estimate of drug-likeness (QED) is 0.207. The molecule has 0 aliphatic heterocycles. The Morgan fingerprint density at radius 3 is 2.79 bits per heavy atom. The molecule has 0 amide bonds. The molecule has 0 aromatic rings. The molecule has 0 heterocycles. The molecule has 5 heteroatoms. The van der Waals surface area contributed by atoms with E-state index in [1.165, 1.54) is 0 Å². The summed E-state index contributed by atoms with van der Waals surface area (Å²) in [5, 5.41) is 3.58. The van der Waals surface area contributed by atoms with Crippen molar-refractivity contribution in [3.8, 4) is 0 Å². The highest BCUT2D eigenvalue weighted by atomic mass is 16.1. The van der Waals surface area contributed by atoms with E-state index in [0.717, 1.165) is 51.4 Å². The molecule has 5 nitrogen and oxygen atoms in total. The van der Waals surface area contributed by atoms with E-state index in [1.54, 1.807) is 0 Å². The maximum atomic E-state index is 13.3. The molecule has 4 rings (SSSR count). The normalized spacial score (nSPS) is 45.3. The largest absolute Gasteiger partial charge is 0.299 e. The second-order valence-corrected chi connectivity index (χ2v) is 10.2. The Kier molecular flexibility index (Phi) is 5.16. The van der Waals surface area contributed by atoms with Crippen LogP contribution >= 0.6 is 0 Å². The zero-order chi connectivity index (χ0) is 19.9. The number of allylic oxidation sites excluding steroid dienone is 1. The highest BCUT2D eigenvalue weighted by Gasteiger charge is 2.62. The van der Waals surface area contributed by atoms with Crippen LogP contribution in [0.25, 0.3) is 10.4 Å². The minimum absolute atomic E-state index is 0.114. The van der Waals surface area contributed by atoms with Crippen molar-refractivity contribution in [3.63, 3.8) is 0 Å². The summed E-state index contributed by atoms with van der Waals surface area (Å²) in [6.45, 7) is 5.07. The van der Waals surface area contributed by atoms with Gasteiger partial charge in [0.2, 0.25) is 0 Å². The first-order chi connectivity index (χ1) is 13.4. The molecule has 0 saturated heterocycles. The van der Waals surface area contributed by atoms with Gasteiger partial charge in [0.15, 0.2) is 0 Å². The van der Waals surface area contributed by atoms with E-state index in [9.17, 15) is 9.59 Å². The van der Waals surface area contributed by atoms with Gasteiger partial charge in [-0.2, -0.15) is 0 Å². The smallest absolute Gasteiger partial charge is 0.139 e. The Hall–Kier alpha value is -1.61. The molecule has 4 aliphatic rings. The number of carbonyl (C=O) groups is 2. The van der Waals surface area contributed by atoms with E-state index in [4.69, 9.17) is 5.53 Å². The molecule has 4 fully saturated rings. The van der Waals surface area contributed by atoms with Crippen LogP contribution in [0.4, 0.5) is 0 Å². The van der Waals surface area contributed by atoms with Gasteiger partial charge in [0.1, 0.15) is 11.6 Å². The summed E-state index contributed by atoms with van der Waals surface area (Å²) in [6.07, 6.45) is 12.9. The Morgan fingerprint density at radius 1 is 1.18 bits per heavy atom. The zero-order valence-corrected chi connectivity index (χ0v) is 17.3. The van der Waals surface area contributed by atoms with E-state index in [0.29, 0.717) is 48.2 Å². The van der Waals surface area contributed by atoms with Crippen molar-refractivity contribution < 1.29 is 9.59 Å². The van der Waals surface area contributed by atoms with Crippen molar-refractivity contribution in [2.75, 3.05) is 6.54 Å². The van der Waals surface area contributed by atoms with Crippen LogP contribution in [-0.4, -0.2) is 18.1 Å². The molecule has 0 spiro atoms. The third-order valence-corrected chi connectivity index (χ3v) is 9.07. The fourth-order valence-electron chi connectivity index (χ4n) is 7.48. The fourth-order valence-corrected chi connectivity index (χ4v) is 7.48. The third-order valence-electron chi connectivity index (χ3n) is 9.07. The lowest BCUT2D eigenvalue weighted by atomic mass is 9.44. The van der Waals surface area contributed by atoms with Crippen molar-refractivity contribution in [2.45, 2.75) is 71.6 Å². The first-order valence-electron chi connectivity index (χ1n) is 11.1. The number of rotatable bonds is 4. The molecular weight excluding hydrogens is 350 g/mol. The summed E-state index contributed by atoms with van der Waals surface area (Å²) >= 11 is 0. The third kappa shape index (κ3) is 3.03. The predicted octanol–water partition coefficient (Wildman–Crippen LogP) is 5.65. The molecule has 0 bridgehead atoms. The number of ketones is 2. The molecule has 0 aromatic carbocycles. The molecule has 0 aromatic heterocycles. The van der Waals surface area contributed by atoms with Gasteiger partial charge in [-0.25, -0.2) is 0 Å². The topological polar surface area (TPSA) is 82.9 Å². The molecule has 0 radical (unpaired) electrons. The van der Waals surface area contributed by atoms with Crippen LogP contribution < -0.4 is 0 Å². The van der Waals surface area contributed by atoms with Gasteiger partial charge in [-0.3, -0.25) is 9.59 Å². The van der Waals surface area contributed by atoms with Gasteiger partial charge in [-0.15, -0.1) is 0 Å². The molecular formula is C23H33N3O2. The van der Waals surface area contributed by atoms with E-state index in [1.807, 2.05) is 0 Å². The first kappa shape index (κ1) is 19.7. The number of hydrogen-bond acceptors (Lipinski definition) is 3. The Labute approximate surface area is 168 Å². The van der Waals surface area contributed by atoms with Crippen LogP contribution in [0.5, 0.6) is 0 Å². The van der Waals surface area contributed by atoms with Crippen molar-refractivity contribution in [2.24, 2.45) is 45.5 Å². The predicted molar refractivity (Wildman–Crippen MR) is 108 cm³/mol. The monoisotopic (exact) mass is 383 g/mol. The summed E-state index contributed by atoms with van der Waals surface area (Å²) in [4.78, 5) is 28.6. The summed E-state index contributed by atoms with van der Waals surface area (Å²) in [5.41, 5.74) is 8.32. The SMILES string of the molecule is C[C@]12CC[C@@H](/C=C\CCN=[N+]=[N-])CC1C(=O)C[C@@H]1[C@@H]2CC[C@]2(C)C(=O)CC[C@@H]12. The van der Waals surface area contributed by atoms with Gasteiger partial charge in [-0.05, 0) is 79.6 Å². The maximum Gasteiger partial charge on any atom is 0.139 e. The van der Waals surface area contributed by atoms with E-state index in [2.05, 4.69) is 36.0 Å².